The number of rotatable bonds is 5. The Labute approximate surface area is 108 Å². The average molecular weight is 260 g/mol. The largest absolute Gasteiger partial charge is 0.319 e. The quantitative estimate of drug-likeness (QED) is 0.837. The summed E-state index contributed by atoms with van der Waals surface area (Å²) in [7, 11) is 1.99. The van der Waals surface area contributed by atoms with Crippen molar-refractivity contribution in [1.29, 1.82) is 0 Å². The molecule has 1 nitrogen and oxygen atoms in total. The van der Waals surface area contributed by atoms with E-state index in [0.717, 1.165) is 19.4 Å². The Morgan fingerprint density at radius 1 is 1.19 bits per heavy atom. The standard InChI is InChI=1S/C13H19Cl2N/c1-13(2,9-16-3)7-6-10-4-5-11(14)12(15)8-10/h4-5,8,16H,6-7,9H2,1-3H3. The molecule has 0 amide bonds. The third kappa shape index (κ3) is 4.32. The van der Waals surface area contributed by atoms with E-state index in [2.05, 4.69) is 19.2 Å². The molecule has 0 bridgehead atoms. The van der Waals surface area contributed by atoms with Crippen LogP contribution in [0.15, 0.2) is 18.2 Å². The normalized spacial score (nSPS) is 11.8. The highest BCUT2D eigenvalue weighted by Crippen LogP contribution is 2.26. The van der Waals surface area contributed by atoms with Gasteiger partial charge in [-0.15, -0.1) is 0 Å². The smallest absolute Gasteiger partial charge is 0.0595 e. The summed E-state index contributed by atoms with van der Waals surface area (Å²) in [6.07, 6.45) is 2.16. The summed E-state index contributed by atoms with van der Waals surface area (Å²) in [5.41, 5.74) is 1.56. The fourth-order valence-electron chi connectivity index (χ4n) is 1.74. The fraction of sp³-hybridized carbons (Fsp3) is 0.538. The molecule has 16 heavy (non-hydrogen) atoms. The second kappa shape index (κ2) is 5.90. The van der Waals surface area contributed by atoms with Crippen LogP contribution in [0.3, 0.4) is 0 Å². The molecule has 1 aromatic rings. The van der Waals surface area contributed by atoms with Crippen LogP contribution in [0.1, 0.15) is 25.8 Å². The van der Waals surface area contributed by atoms with E-state index in [1.165, 1.54) is 5.56 Å². The third-order valence-electron chi connectivity index (χ3n) is 2.73. The Hall–Kier alpha value is -0.240. The van der Waals surface area contributed by atoms with Gasteiger partial charge >= 0.3 is 0 Å². The summed E-state index contributed by atoms with van der Waals surface area (Å²) in [6.45, 7) is 5.55. The van der Waals surface area contributed by atoms with Crippen LogP contribution in [0, 0.1) is 5.41 Å². The van der Waals surface area contributed by atoms with Gasteiger partial charge in [-0.2, -0.15) is 0 Å². The summed E-state index contributed by atoms with van der Waals surface area (Å²) in [5, 5.41) is 4.49. The third-order valence-corrected chi connectivity index (χ3v) is 3.47. The lowest BCUT2D eigenvalue weighted by Gasteiger charge is -2.24. The fourth-order valence-corrected chi connectivity index (χ4v) is 2.07. The molecular weight excluding hydrogens is 241 g/mol. The lowest BCUT2D eigenvalue weighted by molar-refractivity contribution is 0.324. The first kappa shape index (κ1) is 13.8. The van der Waals surface area contributed by atoms with Crippen LogP contribution in [0.4, 0.5) is 0 Å². The average Bonchev–Trinajstić information content (AvgIpc) is 2.20. The van der Waals surface area contributed by atoms with Crippen LogP contribution in [-0.2, 0) is 6.42 Å². The minimum Gasteiger partial charge on any atom is -0.319 e. The maximum absolute atomic E-state index is 5.98. The van der Waals surface area contributed by atoms with Gasteiger partial charge in [0.05, 0.1) is 10.0 Å². The Balaban J connectivity index is 2.57. The highest BCUT2D eigenvalue weighted by Gasteiger charge is 2.16. The minimum atomic E-state index is 0.306. The van der Waals surface area contributed by atoms with Gasteiger partial charge in [0.1, 0.15) is 0 Å². The Kier molecular flexibility index (Phi) is 5.10. The second-order valence-electron chi connectivity index (χ2n) is 4.94. The first-order valence-corrected chi connectivity index (χ1v) is 6.29. The second-order valence-corrected chi connectivity index (χ2v) is 5.76. The van der Waals surface area contributed by atoms with Gasteiger partial charge in [0.25, 0.3) is 0 Å². The zero-order chi connectivity index (χ0) is 12.2. The molecule has 0 heterocycles. The van der Waals surface area contributed by atoms with E-state index in [-0.39, 0.29) is 0 Å². The summed E-state index contributed by atoms with van der Waals surface area (Å²) in [4.78, 5) is 0. The summed E-state index contributed by atoms with van der Waals surface area (Å²) in [5.74, 6) is 0. The van der Waals surface area contributed by atoms with Crippen molar-refractivity contribution in [3.8, 4) is 0 Å². The van der Waals surface area contributed by atoms with Gasteiger partial charge in [-0.25, -0.2) is 0 Å². The van der Waals surface area contributed by atoms with Gasteiger partial charge < -0.3 is 5.32 Å². The van der Waals surface area contributed by atoms with Crippen LogP contribution in [-0.4, -0.2) is 13.6 Å². The van der Waals surface area contributed by atoms with Gasteiger partial charge in [-0.3, -0.25) is 0 Å². The van der Waals surface area contributed by atoms with Crippen LogP contribution in [0.25, 0.3) is 0 Å². The van der Waals surface area contributed by atoms with E-state index in [1.54, 1.807) is 0 Å². The number of hydrogen-bond acceptors (Lipinski definition) is 1. The molecule has 0 aliphatic rings. The van der Waals surface area contributed by atoms with Crippen molar-refractivity contribution in [1.82, 2.24) is 5.32 Å². The number of benzene rings is 1. The molecule has 0 aliphatic heterocycles. The molecule has 0 unspecified atom stereocenters. The molecule has 3 heteroatoms. The highest BCUT2D eigenvalue weighted by molar-refractivity contribution is 6.42. The van der Waals surface area contributed by atoms with E-state index < -0.39 is 0 Å². The first-order valence-electron chi connectivity index (χ1n) is 5.53. The van der Waals surface area contributed by atoms with Gasteiger partial charge in [0.15, 0.2) is 0 Å². The molecule has 0 spiro atoms. The topological polar surface area (TPSA) is 12.0 Å². The highest BCUT2D eigenvalue weighted by atomic mass is 35.5. The van der Waals surface area contributed by atoms with Crippen molar-refractivity contribution in [3.63, 3.8) is 0 Å². The number of halogens is 2. The van der Waals surface area contributed by atoms with Crippen LogP contribution in [0.2, 0.25) is 10.0 Å². The molecule has 0 aromatic heterocycles. The predicted molar refractivity (Wildman–Crippen MR) is 72.5 cm³/mol. The van der Waals surface area contributed by atoms with Crippen molar-refractivity contribution >= 4 is 23.2 Å². The van der Waals surface area contributed by atoms with E-state index in [9.17, 15) is 0 Å². The summed E-state index contributed by atoms with van der Waals surface area (Å²) in [6, 6.07) is 5.87. The van der Waals surface area contributed by atoms with Gasteiger partial charge in [-0.05, 0) is 49.5 Å². The van der Waals surface area contributed by atoms with E-state index in [0.29, 0.717) is 15.5 Å². The maximum atomic E-state index is 5.98. The molecule has 1 rings (SSSR count). The monoisotopic (exact) mass is 259 g/mol. The van der Waals surface area contributed by atoms with E-state index >= 15 is 0 Å². The van der Waals surface area contributed by atoms with Crippen LogP contribution >= 0.6 is 23.2 Å². The summed E-state index contributed by atoms with van der Waals surface area (Å²) >= 11 is 11.9. The molecule has 0 saturated carbocycles. The zero-order valence-electron chi connectivity index (χ0n) is 10.1. The first-order chi connectivity index (χ1) is 7.44. The molecule has 0 atom stereocenters. The molecule has 0 radical (unpaired) electrons. The lowest BCUT2D eigenvalue weighted by atomic mass is 9.86. The van der Waals surface area contributed by atoms with E-state index in [1.807, 2.05) is 25.2 Å². The molecule has 0 saturated heterocycles. The molecule has 90 valence electrons. The Morgan fingerprint density at radius 3 is 2.44 bits per heavy atom. The number of nitrogens with one attached hydrogen (secondary N) is 1. The zero-order valence-corrected chi connectivity index (χ0v) is 11.6. The minimum absolute atomic E-state index is 0.306. The Morgan fingerprint density at radius 2 is 1.88 bits per heavy atom. The maximum Gasteiger partial charge on any atom is 0.0595 e. The van der Waals surface area contributed by atoms with Crippen molar-refractivity contribution in [2.75, 3.05) is 13.6 Å². The van der Waals surface area contributed by atoms with Crippen molar-refractivity contribution < 1.29 is 0 Å². The van der Waals surface area contributed by atoms with Crippen molar-refractivity contribution in [3.05, 3.63) is 33.8 Å². The van der Waals surface area contributed by atoms with Crippen molar-refractivity contribution in [2.24, 2.45) is 5.41 Å². The lowest BCUT2D eigenvalue weighted by Crippen LogP contribution is -2.27. The van der Waals surface area contributed by atoms with Crippen LogP contribution in [0.5, 0.6) is 0 Å². The van der Waals surface area contributed by atoms with Gasteiger partial charge in [0, 0.05) is 0 Å². The molecule has 1 aromatic carbocycles. The SMILES string of the molecule is CNCC(C)(C)CCc1ccc(Cl)c(Cl)c1. The number of hydrogen-bond donors (Lipinski definition) is 1. The number of aryl methyl sites for hydroxylation is 1. The molecule has 1 N–H and O–H groups in total. The van der Waals surface area contributed by atoms with Gasteiger partial charge in [-0.1, -0.05) is 43.1 Å². The van der Waals surface area contributed by atoms with Crippen molar-refractivity contribution in [2.45, 2.75) is 26.7 Å². The Bertz CT molecular complexity index is 348. The van der Waals surface area contributed by atoms with Crippen LogP contribution < -0.4 is 5.32 Å². The molecule has 0 fully saturated rings. The predicted octanol–water partition coefficient (Wildman–Crippen LogP) is 4.17. The summed E-state index contributed by atoms with van der Waals surface area (Å²) < 4.78 is 0. The molecule has 0 aliphatic carbocycles. The molecular formula is C13H19Cl2N. The van der Waals surface area contributed by atoms with E-state index in [4.69, 9.17) is 23.2 Å². The van der Waals surface area contributed by atoms with Gasteiger partial charge in [0.2, 0.25) is 0 Å².